The molecule has 0 saturated carbocycles. The standard InChI is InChI=1S/C15H21BrFN3.HI/c16-13-7-6-12(14(17)11-13)5-4-8-19-15(18)20-9-2-1-3-10-20;/h6-7,11H,1-5,8-10H2,(H2,18,19);1H. The molecule has 0 atom stereocenters. The fourth-order valence-electron chi connectivity index (χ4n) is 2.41. The second-order valence-electron chi connectivity index (χ2n) is 5.13. The zero-order valence-electron chi connectivity index (χ0n) is 12.0. The number of halogens is 3. The van der Waals surface area contributed by atoms with E-state index < -0.39 is 0 Å². The normalized spacial score (nSPS) is 15.7. The van der Waals surface area contributed by atoms with Crippen LogP contribution in [0.3, 0.4) is 0 Å². The minimum atomic E-state index is -0.160. The van der Waals surface area contributed by atoms with E-state index in [2.05, 4.69) is 25.8 Å². The van der Waals surface area contributed by atoms with Gasteiger partial charge in [-0.25, -0.2) is 4.39 Å². The largest absolute Gasteiger partial charge is 0.370 e. The molecule has 2 N–H and O–H groups in total. The van der Waals surface area contributed by atoms with E-state index in [1.165, 1.54) is 25.3 Å². The fourth-order valence-corrected chi connectivity index (χ4v) is 2.74. The second kappa shape index (κ2) is 9.61. The van der Waals surface area contributed by atoms with E-state index in [9.17, 15) is 4.39 Å². The SMILES string of the molecule is I.NC(=NCCCc1ccc(Br)cc1F)N1CCCCC1. The summed E-state index contributed by atoms with van der Waals surface area (Å²) in [6, 6.07) is 5.18. The predicted molar refractivity (Wildman–Crippen MR) is 99.7 cm³/mol. The van der Waals surface area contributed by atoms with Crippen LogP contribution in [0.15, 0.2) is 27.7 Å². The molecule has 0 bridgehead atoms. The highest BCUT2D eigenvalue weighted by molar-refractivity contribution is 14.0. The monoisotopic (exact) mass is 469 g/mol. The van der Waals surface area contributed by atoms with Crippen LogP contribution in [0.2, 0.25) is 0 Å². The summed E-state index contributed by atoms with van der Waals surface area (Å²) in [5.41, 5.74) is 6.71. The molecule has 0 spiro atoms. The van der Waals surface area contributed by atoms with Crippen LogP contribution in [0.5, 0.6) is 0 Å². The highest BCUT2D eigenvalue weighted by atomic mass is 127. The molecule has 0 radical (unpaired) electrons. The second-order valence-corrected chi connectivity index (χ2v) is 6.04. The van der Waals surface area contributed by atoms with Gasteiger partial charge >= 0.3 is 0 Å². The highest BCUT2D eigenvalue weighted by Gasteiger charge is 2.11. The molecule has 1 aliphatic heterocycles. The van der Waals surface area contributed by atoms with Crippen LogP contribution >= 0.6 is 39.9 Å². The number of aliphatic imine (C=N–C) groups is 1. The molecule has 21 heavy (non-hydrogen) atoms. The summed E-state index contributed by atoms with van der Waals surface area (Å²) in [4.78, 5) is 6.54. The molecule has 1 aliphatic rings. The molecular weight excluding hydrogens is 448 g/mol. The molecule has 0 aliphatic carbocycles. The lowest BCUT2D eigenvalue weighted by Gasteiger charge is -2.27. The van der Waals surface area contributed by atoms with Crippen molar-refractivity contribution < 1.29 is 4.39 Å². The summed E-state index contributed by atoms with van der Waals surface area (Å²) in [5.74, 6) is 0.480. The lowest BCUT2D eigenvalue weighted by molar-refractivity contribution is 0.338. The van der Waals surface area contributed by atoms with Crippen molar-refractivity contribution in [2.75, 3.05) is 19.6 Å². The minimum Gasteiger partial charge on any atom is -0.370 e. The average Bonchev–Trinajstić information content (AvgIpc) is 2.46. The van der Waals surface area contributed by atoms with E-state index in [1.54, 1.807) is 0 Å². The molecule has 6 heteroatoms. The van der Waals surface area contributed by atoms with Gasteiger partial charge in [0, 0.05) is 24.1 Å². The molecule has 0 amide bonds. The number of aryl methyl sites for hydroxylation is 1. The zero-order chi connectivity index (χ0) is 14.4. The summed E-state index contributed by atoms with van der Waals surface area (Å²) in [6.07, 6.45) is 5.18. The number of benzene rings is 1. The molecular formula is C15H22BrFIN3. The Hall–Kier alpha value is -0.370. The molecule has 1 aromatic rings. The van der Waals surface area contributed by atoms with Crippen molar-refractivity contribution in [3.8, 4) is 0 Å². The molecule has 0 aromatic heterocycles. The number of rotatable bonds is 4. The van der Waals surface area contributed by atoms with Gasteiger partial charge in [-0.2, -0.15) is 0 Å². The number of piperidine rings is 1. The van der Waals surface area contributed by atoms with Crippen LogP contribution in [0.25, 0.3) is 0 Å². The number of nitrogens with zero attached hydrogens (tertiary/aromatic N) is 2. The van der Waals surface area contributed by atoms with E-state index in [1.807, 2.05) is 12.1 Å². The van der Waals surface area contributed by atoms with Crippen LogP contribution in [0, 0.1) is 5.82 Å². The zero-order valence-corrected chi connectivity index (χ0v) is 15.9. The first-order valence-corrected chi connectivity index (χ1v) is 7.95. The topological polar surface area (TPSA) is 41.6 Å². The lowest BCUT2D eigenvalue weighted by Crippen LogP contribution is -2.40. The van der Waals surface area contributed by atoms with Crippen molar-refractivity contribution >= 4 is 45.9 Å². The molecule has 1 saturated heterocycles. The predicted octanol–water partition coefficient (Wildman–Crippen LogP) is 3.94. The maximum atomic E-state index is 13.6. The van der Waals surface area contributed by atoms with Gasteiger partial charge in [-0.3, -0.25) is 4.99 Å². The van der Waals surface area contributed by atoms with Crippen molar-refractivity contribution in [3.63, 3.8) is 0 Å². The summed E-state index contributed by atoms with van der Waals surface area (Å²) in [7, 11) is 0. The van der Waals surface area contributed by atoms with Gasteiger partial charge in [0.25, 0.3) is 0 Å². The van der Waals surface area contributed by atoms with E-state index in [4.69, 9.17) is 5.73 Å². The third-order valence-electron chi connectivity index (χ3n) is 3.57. The van der Waals surface area contributed by atoms with Crippen molar-refractivity contribution in [1.29, 1.82) is 0 Å². The van der Waals surface area contributed by atoms with Gasteiger partial charge in [0.15, 0.2) is 5.96 Å². The number of nitrogens with two attached hydrogens (primary N) is 1. The first-order valence-electron chi connectivity index (χ1n) is 7.15. The highest BCUT2D eigenvalue weighted by Crippen LogP contribution is 2.16. The average molecular weight is 470 g/mol. The van der Waals surface area contributed by atoms with E-state index >= 15 is 0 Å². The van der Waals surface area contributed by atoms with Crippen LogP contribution in [-0.2, 0) is 6.42 Å². The van der Waals surface area contributed by atoms with Gasteiger partial charge in [0.05, 0.1) is 0 Å². The van der Waals surface area contributed by atoms with Crippen LogP contribution in [-0.4, -0.2) is 30.5 Å². The van der Waals surface area contributed by atoms with E-state index in [-0.39, 0.29) is 29.8 Å². The number of hydrogen-bond donors (Lipinski definition) is 1. The van der Waals surface area contributed by atoms with Gasteiger partial charge in [-0.05, 0) is 49.8 Å². The van der Waals surface area contributed by atoms with Gasteiger partial charge in [0.1, 0.15) is 5.82 Å². The maximum absolute atomic E-state index is 13.6. The van der Waals surface area contributed by atoms with Gasteiger partial charge in [-0.15, -0.1) is 24.0 Å². The third-order valence-corrected chi connectivity index (χ3v) is 4.07. The molecule has 3 nitrogen and oxygen atoms in total. The Labute approximate surface area is 151 Å². The maximum Gasteiger partial charge on any atom is 0.191 e. The van der Waals surface area contributed by atoms with E-state index in [0.717, 1.165) is 29.5 Å². The Morgan fingerprint density at radius 3 is 2.67 bits per heavy atom. The quantitative estimate of drug-likeness (QED) is 0.314. The summed E-state index contributed by atoms with van der Waals surface area (Å²) >= 11 is 3.26. The molecule has 1 aromatic carbocycles. The smallest absolute Gasteiger partial charge is 0.191 e. The number of hydrogen-bond acceptors (Lipinski definition) is 1. The van der Waals surface area contributed by atoms with Gasteiger partial charge in [-0.1, -0.05) is 22.0 Å². The van der Waals surface area contributed by atoms with E-state index in [0.29, 0.717) is 18.9 Å². The summed E-state index contributed by atoms with van der Waals surface area (Å²) in [6.45, 7) is 2.67. The first-order chi connectivity index (χ1) is 9.66. The fraction of sp³-hybridized carbons (Fsp3) is 0.533. The lowest BCUT2D eigenvalue weighted by atomic mass is 10.1. The molecule has 0 unspecified atom stereocenters. The van der Waals surface area contributed by atoms with Crippen molar-refractivity contribution in [1.82, 2.24) is 4.90 Å². The minimum absolute atomic E-state index is 0. The first kappa shape index (κ1) is 18.7. The van der Waals surface area contributed by atoms with Crippen molar-refractivity contribution in [2.45, 2.75) is 32.1 Å². The molecule has 1 fully saturated rings. The molecule has 2 rings (SSSR count). The Morgan fingerprint density at radius 1 is 1.29 bits per heavy atom. The Bertz CT molecular complexity index is 476. The van der Waals surface area contributed by atoms with Crippen molar-refractivity contribution in [3.05, 3.63) is 34.1 Å². The Morgan fingerprint density at radius 2 is 2.00 bits per heavy atom. The molecule has 118 valence electrons. The van der Waals surface area contributed by atoms with Gasteiger partial charge < -0.3 is 10.6 Å². The van der Waals surface area contributed by atoms with Crippen LogP contribution in [0.1, 0.15) is 31.2 Å². The summed E-state index contributed by atoms with van der Waals surface area (Å²) < 4.78 is 14.4. The summed E-state index contributed by atoms with van der Waals surface area (Å²) in [5, 5.41) is 0. The van der Waals surface area contributed by atoms with Crippen LogP contribution < -0.4 is 5.73 Å². The number of guanidine groups is 1. The Balaban J connectivity index is 0.00000220. The van der Waals surface area contributed by atoms with Gasteiger partial charge in [0.2, 0.25) is 0 Å². The number of likely N-dealkylation sites (tertiary alicyclic amines) is 1. The van der Waals surface area contributed by atoms with Crippen molar-refractivity contribution in [2.24, 2.45) is 10.7 Å². The Kier molecular flexibility index (Phi) is 8.55. The van der Waals surface area contributed by atoms with Crippen LogP contribution in [0.4, 0.5) is 4.39 Å². The molecule has 1 heterocycles. The third kappa shape index (κ3) is 6.10.